The third-order valence-electron chi connectivity index (χ3n) is 3.83. The lowest BCUT2D eigenvalue weighted by molar-refractivity contribution is -0.133. The molecule has 4 nitrogen and oxygen atoms in total. The molecular formula is C12H17ClN2O2. The van der Waals surface area contributed by atoms with E-state index in [1.807, 2.05) is 6.92 Å². The third kappa shape index (κ3) is 1.95. The molecule has 1 N–H and O–H groups in total. The summed E-state index contributed by atoms with van der Waals surface area (Å²) in [5.74, 6) is 0.0396. The van der Waals surface area contributed by atoms with E-state index in [-0.39, 0.29) is 24.4 Å². The summed E-state index contributed by atoms with van der Waals surface area (Å²) in [7, 11) is 0. The van der Waals surface area contributed by atoms with Crippen LogP contribution in [0.25, 0.3) is 0 Å². The van der Waals surface area contributed by atoms with Crippen LogP contribution in [-0.4, -0.2) is 28.9 Å². The summed E-state index contributed by atoms with van der Waals surface area (Å²) in [6.07, 6.45) is 3.80. The molecule has 17 heavy (non-hydrogen) atoms. The Morgan fingerprint density at radius 2 is 2.29 bits per heavy atom. The minimum Gasteiger partial charge on any atom is -0.323 e. The van der Waals surface area contributed by atoms with Gasteiger partial charge in [-0.2, -0.15) is 0 Å². The van der Waals surface area contributed by atoms with E-state index in [0.717, 1.165) is 25.7 Å². The molecule has 1 spiro atoms. The van der Waals surface area contributed by atoms with E-state index in [0.29, 0.717) is 5.03 Å². The SMILES string of the molecule is C=C(Cl)CN1C(=O)N[C@@]2(CCCC[C@H]2C)C1=O. The van der Waals surface area contributed by atoms with Crippen LogP contribution in [0, 0.1) is 5.92 Å². The number of nitrogens with zero attached hydrogens (tertiary/aromatic N) is 1. The van der Waals surface area contributed by atoms with Crippen molar-refractivity contribution >= 4 is 23.5 Å². The molecule has 0 aromatic carbocycles. The van der Waals surface area contributed by atoms with Gasteiger partial charge in [-0.1, -0.05) is 37.9 Å². The van der Waals surface area contributed by atoms with E-state index in [1.165, 1.54) is 4.90 Å². The molecular weight excluding hydrogens is 240 g/mol. The molecule has 0 aromatic heterocycles. The molecule has 3 amide bonds. The minimum atomic E-state index is -0.693. The van der Waals surface area contributed by atoms with Gasteiger partial charge in [0.1, 0.15) is 5.54 Å². The quantitative estimate of drug-likeness (QED) is 0.771. The number of urea groups is 1. The highest BCUT2D eigenvalue weighted by Gasteiger charge is 2.54. The van der Waals surface area contributed by atoms with Crippen LogP contribution in [0.4, 0.5) is 4.79 Å². The number of carbonyl (C=O) groups is 2. The number of hydrogen-bond acceptors (Lipinski definition) is 2. The maximum absolute atomic E-state index is 12.4. The van der Waals surface area contributed by atoms with Crippen molar-refractivity contribution in [2.45, 2.75) is 38.1 Å². The molecule has 0 bridgehead atoms. The van der Waals surface area contributed by atoms with Gasteiger partial charge in [0.25, 0.3) is 5.91 Å². The maximum Gasteiger partial charge on any atom is 0.325 e. The number of imide groups is 1. The van der Waals surface area contributed by atoms with Crippen LogP contribution in [0.1, 0.15) is 32.6 Å². The Balaban J connectivity index is 2.24. The van der Waals surface area contributed by atoms with Crippen LogP contribution < -0.4 is 5.32 Å². The Morgan fingerprint density at radius 1 is 1.59 bits per heavy atom. The van der Waals surface area contributed by atoms with Crippen molar-refractivity contribution in [2.75, 3.05) is 6.54 Å². The first-order valence-corrected chi connectivity index (χ1v) is 6.32. The molecule has 0 aromatic rings. The van der Waals surface area contributed by atoms with E-state index in [9.17, 15) is 9.59 Å². The molecule has 1 heterocycles. The standard InChI is InChI=1S/C12H17ClN2O2/c1-8-5-3-4-6-12(8)10(16)15(7-9(2)13)11(17)14-12/h8H,2-7H2,1H3,(H,14,17)/t8-,12-/m1/s1. The number of amides is 3. The van der Waals surface area contributed by atoms with Gasteiger partial charge >= 0.3 is 6.03 Å². The van der Waals surface area contributed by atoms with E-state index < -0.39 is 5.54 Å². The zero-order valence-electron chi connectivity index (χ0n) is 9.96. The second kappa shape index (κ2) is 4.33. The normalized spacial score (nSPS) is 33.1. The van der Waals surface area contributed by atoms with Crippen molar-refractivity contribution in [2.24, 2.45) is 5.92 Å². The van der Waals surface area contributed by atoms with Crippen molar-refractivity contribution in [3.8, 4) is 0 Å². The van der Waals surface area contributed by atoms with Crippen molar-refractivity contribution in [1.82, 2.24) is 10.2 Å². The Hall–Kier alpha value is -1.03. The van der Waals surface area contributed by atoms with Crippen LogP contribution in [0.15, 0.2) is 11.6 Å². The number of rotatable bonds is 2. The van der Waals surface area contributed by atoms with Crippen molar-refractivity contribution in [3.05, 3.63) is 11.6 Å². The predicted molar refractivity (Wildman–Crippen MR) is 65.6 cm³/mol. The lowest BCUT2D eigenvalue weighted by Crippen LogP contribution is -2.53. The van der Waals surface area contributed by atoms with Crippen molar-refractivity contribution < 1.29 is 9.59 Å². The largest absolute Gasteiger partial charge is 0.325 e. The molecule has 2 aliphatic rings. The summed E-state index contributed by atoms with van der Waals surface area (Å²) in [6.45, 7) is 5.65. The molecule has 0 radical (unpaired) electrons. The number of halogens is 1. The predicted octanol–water partition coefficient (Wildman–Crippen LogP) is 2.24. The molecule has 2 rings (SSSR count). The summed E-state index contributed by atoms with van der Waals surface area (Å²) < 4.78 is 0. The van der Waals surface area contributed by atoms with Gasteiger partial charge in [-0.05, 0) is 18.8 Å². The number of carbonyl (C=O) groups excluding carboxylic acids is 2. The second-order valence-electron chi connectivity index (χ2n) is 4.96. The minimum absolute atomic E-state index is 0.0979. The van der Waals surface area contributed by atoms with Crippen LogP contribution in [-0.2, 0) is 4.79 Å². The molecule has 1 aliphatic heterocycles. The molecule has 1 saturated carbocycles. The molecule has 94 valence electrons. The molecule has 1 saturated heterocycles. The van der Waals surface area contributed by atoms with Gasteiger partial charge in [0.15, 0.2) is 0 Å². The first kappa shape index (κ1) is 12.4. The van der Waals surface area contributed by atoms with Gasteiger partial charge in [0.05, 0.1) is 6.54 Å². The third-order valence-corrected chi connectivity index (χ3v) is 3.95. The fourth-order valence-electron chi connectivity index (χ4n) is 2.81. The fraction of sp³-hybridized carbons (Fsp3) is 0.667. The summed E-state index contributed by atoms with van der Waals surface area (Å²) in [6, 6.07) is -0.342. The Labute approximate surface area is 106 Å². The number of nitrogens with one attached hydrogen (secondary N) is 1. The number of hydrogen-bond donors (Lipinski definition) is 1. The summed E-state index contributed by atoms with van der Waals surface area (Å²) in [5.41, 5.74) is -0.693. The summed E-state index contributed by atoms with van der Waals surface area (Å²) in [5, 5.41) is 3.16. The first-order valence-electron chi connectivity index (χ1n) is 5.95. The monoisotopic (exact) mass is 256 g/mol. The van der Waals surface area contributed by atoms with E-state index >= 15 is 0 Å². The maximum atomic E-state index is 12.4. The molecule has 2 fully saturated rings. The molecule has 5 heteroatoms. The van der Waals surface area contributed by atoms with Gasteiger partial charge in [-0.3, -0.25) is 9.69 Å². The molecule has 1 aliphatic carbocycles. The van der Waals surface area contributed by atoms with E-state index in [4.69, 9.17) is 11.6 Å². The highest BCUT2D eigenvalue weighted by molar-refractivity contribution is 6.30. The summed E-state index contributed by atoms with van der Waals surface area (Å²) in [4.78, 5) is 25.4. The van der Waals surface area contributed by atoms with Crippen LogP contribution >= 0.6 is 11.6 Å². The van der Waals surface area contributed by atoms with E-state index in [1.54, 1.807) is 0 Å². The van der Waals surface area contributed by atoms with E-state index in [2.05, 4.69) is 11.9 Å². The Morgan fingerprint density at radius 3 is 2.88 bits per heavy atom. The van der Waals surface area contributed by atoms with Crippen LogP contribution in [0.3, 0.4) is 0 Å². The first-order chi connectivity index (χ1) is 7.97. The zero-order chi connectivity index (χ0) is 12.6. The second-order valence-corrected chi connectivity index (χ2v) is 5.49. The molecule has 0 unspecified atom stereocenters. The highest BCUT2D eigenvalue weighted by Crippen LogP contribution is 2.38. The lowest BCUT2D eigenvalue weighted by Gasteiger charge is -2.36. The van der Waals surface area contributed by atoms with Crippen molar-refractivity contribution in [3.63, 3.8) is 0 Å². The van der Waals surface area contributed by atoms with Gasteiger partial charge in [-0.25, -0.2) is 4.79 Å². The average molecular weight is 257 g/mol. The summed E-state index contributed by atoms with van der Waals surface area (Å²) >= 11 is 5.68. The average Bonchev–Trinajstić information content (AvgIpc) is 2.48. The smallest absolute Gasteiger partial charge is 0.323 e. The lowest BCUT2D eigenvalue weighted by atomic mass is 9.73. The van der Waals surface area contributed by atoms with Gasteiger partial charge < -0.3 is 5.32 Å². The van der Waals surface area contributed by atoms with Gasteiger partial charge in [0.2, 0.25) is 0 Å². The zero-order valence-corrected chi connectivity index (χ0v) is 10.7. The van der Waals surface area contributed by atoms with Gasteiger partial charge in [-0.15, -0.1) is 0 Å². The fourth-order valence-corrected chi connectivity index (χ4v) is 2.93. The van der Waals surface area contributed by atoms with Crippen LogP contribution in [0.5, 0.6) is 0 Å². The topological polar surface area (TPSA) is 49.4 Å². The highest BCUT2D eigenvalue weighted by atomic mass is 35.5. The Bertz CT molecular complexity index is 383. The van der Waals surface area contributed by atoms with Crippen molar-refractivity contribution in [1.29, 1.82) is 0 Å². The Kier molecular flexibility index (Phi) is 3.17. The van der Waals surface area contributed by atoms with Crippen LogP contribution in [0.2, 0.25) is 0 Å². The van der Waals surface area contributed by atoms with Gasteiger partial charge in [0, 0.05) is 5.03 Å². The molecule has 2 atom stereocenters.